The van der Waals surface area contributed by atoms with Crippen molar-refractivity contribution >= 4 is 23.6 Å². The van der Waals surface area contributed by atoms with Gasteiger partial charge in [0.05, 0.1) is 5.56 Å². The maximum absolute atomic E-state index is 12.4. The molecule has 7 nitrogen and oxygen atoms in total. The Hall–Kier alpha value is -3.35. The number of primary amides is 1. The van der Waals surface area contributed by atoms with Gasteiger partial charge in [0.1, 0.15) is 0 Å². The Morgan fingerprint density at radius 3 is 2.12 bits per heavy atom. The lowest BCUT2D eigenvalue weighted by molar-refractivity contribution is -0.138. The molecular formula is C18H19N3O4. The molecule has 0 spiro atoms. The fraction of sp³-hybridized carbons (Fsp3) is 0.167. The van der Waals surface area contributed by atoms with Crippen LogP contribution < -0.4 is 11.1 Å². The largest absolute Gasteiger partial charge is 0.444 e. The van der Waals surface area contributed by atoms with Gasteiger partial charge in [0, 0.05) is 25.3 Å². The van der Waals surface area contributed by atoms with Crippen molar-refractivity contribution in [2.45, 2.75) is 6.10 Å². The van der Waals surface area contributed by atoms with Crippen molar-refractivity contribution in [3.63, 3.8) is 0 Å². The minimum atomic E-state index is -1.04. The van der Waals surface area contributed by atoms with Gasteiger partial charge in [-0.3, -0.25) is 4.79 Å². The first kappa shape index (κ1) is 18.0. The first-order valence-corrected chi connectivity index (χ1v) is 7.52. The van der Waals surface area contributed by atoms with E-state index >= 15 is 0 Å². The second kappa shape index (κ2) is 7.96. The second-order valence-electron chi connectivity index (χ2n) is 5.50. The van der Waals surface area contributed by atoms with E-state index in [0.717, 1.165) is 0 Å². The van der Waals surface area contributed by atoms with Crippen LogP contribution in [0, 0.1) is 0 Å². The van der Waals surface area contributed by atoms with Gasteiger partial charge in [-0.25, -0.2) is 9.59 Å². The number of urea groups is 1. The van der Waals surface area contributed by atoms with E-state index < -0.39 is 18.1 Å². The molecule has 2 rings (SSSR count). The van der Waals surface area contributed by atoms with E-state index in [-0.39, 0.29) is 11.5 Å². The van der Waals surface area contributed by atoms with Crippen LogP contribution >= 0.6 is 0 Å². The second-order valence-corrected chi connectivity index (χ2v) is 5.50. The summed E-state index contributed by atoms with van der Waals surface area (Å²) >= 11 is 0. The van der Waals surface area contributed by atoms with Crippen LogP contribution in [0.15, 0.2) is 54.6 Å². The summed E-state index contributed by atoms with van der Waals surface area (Å²) in [4.78, 5) is 36.9. The highest BCUT2D eigenvalue weighted by Crippen LogP contribution is 2.21. The van der Waals surface area contributed by atoms with Crippen molar-refractivity contribution in [3.05, 3.63) is 65.7 Å². The van der Waals surface area contributed by atoms with Gasteiger partial charge in [-0.2, -0.15) is 0 Å². The number of ether oxygens (including phenoxy) is 1. The van der Waals surface area contributed by atoms with Gasteiger partial charge in [0.2, 0.25) is 6.10 Å². The van der Waals surface area contributed by atoms with Crippen LogP contribution in [0.5, 0.6) is 0 Å². The predicted molar refractivity (Wildman–Crippen MR) is 92.9 cm³/mol. The van der Waals surface area contributed by atoms with Crippen molar-refractivity contribution in [2.24, 2.45) is 5.73 Å². The van der Waals surface area contributed by atoms with Crippen LogP contribution in [0.1, 0.15) is 22.0 Å². The zero-order chi connectivity index (χ0) is 18.4. The normalized spacial score (nSPS) is 11.3. The third-order valence-electron chi connectivity index (χ3n) is 3.38. The average molecular weight is 341 g/mol. The predicted octanol–water partition coefficient (Wildman–Crippen LogP) is 2.16. The van der Waals surface area contributed by atoms with E-state index in [1.807, 2.05) is 6.07 Å². The molecule has 0 aromatic heterocycles. The lowest BCUT2D eigenvalue weighted by Crippen LogP contribution is -2.31. The summed E-state index contributed by atoms with van der Waals surface area (Å²) in [5.41, 5.74) is 6.32. The standard InChI is InChI=1S/C18H19N3O4/c1-21(2)16(22)15(12-6-4-3-5-7-12)25-17(23)13-8-10-14(11-9-13)20-18(19)24/h3-11,15H,1-2H3,(H3,19,20,24)/t15-/m0/s1. The van der Waals surface area contributed by atoms with Crippen LogP contribution in [0.25, 0.3) is 0 Å². The monoisotopic (exact) mass is 341 g/mol. The topological polar surface area (TPSA) is 102 Å². The number of carbonyl (C=O) groups excluding carboxylic acids is 3. The number of likely N-dealkylation sites (N-methyl/N-ethyl adjacent to an activating group) is 1. The third kappa shape index (κ3) is 4.81. The number of nitrogens with zero attached hydrogens (tertiary/aromatic N) is 1. The lowest BCUT2D eigenvalue weighted by Gasteiger charge is -2.21. The Bertz CT molecular complexity index is 758. The van der Waals surface area contributed by atoms with Crippen LogP contribution in [0.4, 0.5) is 10.5 Å². The van der Waals surface area contributed by atoms with Gasteiger partial charge in [-0.05, 0) is 24.3 Å². The first-order chi connectivity index (χ1) is 11.9. The molecule has 1 atom stereocenters. The molecule has 2 aromatic carbocycles. The average Bonchev–Trinajstić information content (AvgIpc) is 2.59. The maximum Gasteiger partial charge on any atom is 0.339 e. The van der Waals surface area contributed by atoms with Crippen molar-refractivity contribution in [3.8, 4) is 0 Å². The SMILES string of the molecule is CN(C)C(=O)[C@@H](OC(=O)c1ccc(NC(N)=O)cc1)c1ccccc1. The van der Waals surface area contributed by atoms with E-state index in [9.17, 15) is 14.4 Å². The van der Waals surface area contributed by atoms with E-state index in [4.69, 9.17) is 10.5 Å². The summed E-state index contributed by atoms with van der Waals surface area (Å²) in [6, 6.07) is 14.1. The van der Waals surface area contributed by atoms with Crippen LogP contribution in [-0.4, -0.2) is 36.9 Å². The maximum atomic E-state index is 12.4. The molecule has 0 aliphatic carbocycles. The zero-order valence-corrected chi connectivity index (χ0v) is 13.9. The summed E-state index contributed by atoms with van der Waals surface area (Å²) < 4.78 is 5.42. The number of esters is 1. The number of amides is 3. The van der Waals surface area contributed by atoms with E-state index in [0.29, 0.717) is 11.3 Å². The van der Waals surface area contributed by atoms with Crippen molar-refractivity contribution in [1.82, 2.24) is 4.90 Å². The minimum absolute atomic E-state index is 0.252. The Kier molecular flexibility index (Phi) is 5.73. The van der Waals surface area contributed by atoms with Gasteiger partial charge < -0.3 is 20.7 Å². The van der Waals surface area contributed by atoms with Crippen molar-refractivity contribution in [1.29, 1.82) is 0 Å². The number of nitrogens with one attached hydrogen (secondary N) is 1. The Labute approximate surface area is 145 Å². The summed E-state index contributed by atoms with van der Waals surface area (Å²) in [5, 5.41) is 2.40. The third-order valence-corrected chi connectivity index (χ3v) is 3.38. The molecule has 130 valence electrons. The number of benzene rings is 2. The smallest absolute Gasteiger partial charge is 0.339 e. The highest BCUT2D eigenvalue weighted by molar-refractivity contribution is 5.94. The number of rotatable bonds is 5. The Balaban J connectivity index is 2.19. The van der Waals surface area contributed by atoms with Gasteiger partial charge in [-0.1, -0.05) is 30.3 Å². The Morgan fingerprint density at radius 2 is 1.60 bits per heavy atom. The quantitative estimate of drug-likeness (QED) is 0.814. The van der Waals surface area contributed by atoms with Crippen LogP contribution in [-0.2, 0) is 9.53 Å². The number of hydrogen-bond donors (Lipinski definition) is 2. The van der Waals surface area contributed by atoms with Gasteiger partial charge in [0.15, 0.2) is 0 Å². The molecule has 3 amide bonds. The van der Waals surface area contributed by atoms with E-state index in [2.05, 4.69) is 5.32 Å². The summed E-state index contributed by atoms with van der Waals surface area (Å²) in [6.45, 7) is 0. The zero-order valence-electron chi connectivity index (χ0n) is 13.9. The molecule has 0 aliphatic rings. The van der Waals surface area contributed by atoms with Gasteiger partial charge in [-0.15, -0.1) is 0 Å². The fourth-order valence-electron chi connectivity index (χ4n) is 2.13. The minimum Gasteiger partial charge on any atom is -0.444 e. The number of carbonyl (C=O) groups is 3. The van der Waals surface area contributed by atoms with Crippen LogP contribution in [0.2, 0.25) is 0 Å². The highest BCUT2D eigenvalue weighted by Gasteiger charge is 2.26. The molecule has 0 saturated heterocycles. The molecule has 25 heavy (non-hydrogen) atoms. The molecule has 7 heteroatoms. The molecule has 0 bridgehead atoms. The van der Waals surface area contributed by atoms with Crippen LogP contribution in [0.3, 0.4) is 0 Å². The summed E-state index contributed by atoms with van der Waals surface area (Å²) in [5.74, 6) is -0.985. The van der Waals surface area contributed by atoms with Crippen molar-refractivity contribution in [2.75, 3.05) is 19.4 Å². The van der Waals surface area contributed by atoms with E-state index in [1.165, 1.54) is 29.2 Å². The molecule has 0 unspecified atom stereocenters. The summed E-state index contributed by atoms with van der Waals surface area (Å²) in [7, 11) is 3.19. The van der Waals surface area contributed by atoms with E-state index in [1.54, 1.807) is 38.4 Å². The first-order valence-electron chi connectivity index (χ1n) is 7.52. The molecule has 2 aromatic rings. The molecule has 0 saturated carbocycles. The van der Waals surface area contributed by atoms with Crippen molar-refractivity contribution < 1.29 is 19.1 Å². The molecule has 0 fully saturated rings. The molecule has 0 aliphatic heterocycles. The number of anilines is 1. The fourth-order valence-corrected chi connectivity index (χ4v) is 2.13. The van der Waals surface area contributed by atoms with Gasteiger partial charge in [0.25, 0.3) is 5.91 Å². The Morgan fingerprint density at radius 1 is 1.00 bits per heavy atom. The molecule has 3 N–H and O–H groups in total. The highest BCUT2D eigenvalue weighted by atomic mass is 16.5. The molecular weight excluding hydrogens is 322 g/mol. The van der Waals surface area contributed by atoms with Gasteiger partial charge >= 0.3 is 12.0 Å². The number of hydrogen-bond acceptors (Lipinski definition) is 4. The number of nitrogens with two attached hydrogens (primary N) is 1. The summed E-state index contributed by atoms with van der Waals surface area (Å²) in [6.07, 6.45) is -1.04. The lowest BCUT2D eigenvalue weighted by atomic mass is 10.1. The molecule has 0 radical (unpaired) electrons. The molecule has 0 heterocycles.